The molecular formula is C14H26O4. The maximum absolute atomic E-state index is 12.2. The highest BCUT2D eigenvalue weighted by atomic mass is 17.4. The van der Waals surface area contributed by atoms with Gasteiger partial charge in [0.2, 0.25) is 0 Å². The van der Waals surface area contributed by atoms with Crippen molar-refractivity contribution in [3.8, 4) is 0 Å². The minimum atomic E-state index is -1.18. The van der Waals surface area contributed by atoms with E-state index in [-0.39, 0.29) is 11.3 Å². The van der Waals surface area contributed by atoms with Gasteiger partial charge in [0, 0.05) is 5.92 Å². The number of rotatable bonds is 5. The molecule has 0 spiro atoms. The van der Waals surface area contributed by atoms with E-state index in [1.165, 1.54) is 0 Å². The van der Waals surface area contributed by atoms with Crippen molar-refractivity contribution in [3.63, 3.8) is 0 Å². The Bertz CT molecular complexity index is 310. The minimum absolute atomic E-state index is 0.0299. The number of carbonyl (C=O) groups is 1. The maximum atomic E-state index is 12.2. The highest BCUT2D eigenvalue weighted by Gasteiger charge is 2.63. The summed E-state index contributed by atoms with van der Waals surface area (Å²) in [4.78, 5) is 22.1. The molecule has 0 aliphatic carbocycles. The molecule has 1 aliphatic heterocycles. The summed E-state index contributed by atoms with van der Waals surface area (Å²) in [5.41, 5.74) is -0.372. The van der Waals surface area contributed by atoms with Gasteiger partial charge in [0.15, 0.2) is 0 Å². The van der Waals surface area contributed by atoms with Crippen molar-refractivity contribution >= 4 is 5.97 Å². The van der Waals surface area contributed by atoms with Crippen LogP contribution in [-0.2, 0) is 19.3 Å². The zero-order valence-electron chi connectivity index (χ0n) is 12.6. The molecule has 0 aromatic heterocycles. The third kappa shape index (κ3) is 3.69. The van der Waals surface area contributed by atoms with Gasteiger partial charge in [-0.2, -0.15) is 9.78 Å². The van der Waals surface area contributed by atoms with Crippen molar-refractivity contribution in [3.05, 3.63) is 0 Å². The molecule has 1 aliphatic rings. The lowest BCUT2D eigenvalue weighted by Crippen LogP contribution is -2.40. The second kappa shape index (κ2) is 4.82. The van der Waals surface area contributed by atoms with Crippen molar-refractivity contribution in [1.29, 1.82) is 0 Å². The van der Waals surface area contributed by atoms with Crippen LogP contribution < -0.4 is 0 Å². The molecule has 18 heavy (non-hydrogen) atoms. The fourth-order valence-corrected chi connectivity index (χ4v) is 1.93. The van der Waals surface area contributed by atoms with E-state index in [0.29, 0.717) is 0 Å². The van der Waals surface area contributed by atoms with Crippen molar-refractivity contribution in [2.75, 3.05) is 0 Å². The second-order valence-electron chi connectivity index (χ2n) is 7.00. The summed E-state index contributed by atoms with van der Waals surface area (Å²) < 4.78 is 5.46. The van der Waals surface area contributed by atoms with Gasteiger partial charge in [0.1, 0.15) is 5.60 Å². The monoisotopic (exact) mass is 258 g/mol. The fourth-order valence-electron chi connectivity index (χ4n) is 1.93. The van der Waals surface area contributed by atoms with Crippen molar-refractivity contribution in [1.82, 2.24) is 0 Å². The van der Waals surface area contributed by atoms with Crippen LogP contribution in [0.4, 0.5) is 0 Å². The Morgan fingerprint density at radius 3 is 2.06 bits per heavy atom. The molecular weight excluding hydrogens is 232 g/mol. The van der Waals surface area contributed by atoms with Gasteiger partial charge in [-0.3, -0.25) is 0 Å². The zero-order chi connectivity index (χ0) is 14.2. The summed E-state index contributed by atoms with van der Waals surface area (Å²) >= 11 is 0. The first-order valence-corrected chi connectivity index (χ1v) is 6.63. The Morgan fingerprint density at radius 2 is 1.72 bits per heavy atom. The molecule has 1 rings (SSSR count). The standard InChI is InChI=1S/C14H26O4/c1-8-13(6,7)16-11(15)14(17-18-14)10(2)9-12(3,4)5/h10H,8-9H2,1-7H3. The number of esters is 1. The highest BCUT2D eigenvalue weighted by Crippen LogP contribution is 2.44. The first-order valence-electron chi connectivity index (χ1n) is 6.63. The van der Waals surface area contributed by atoms with Gasteiger partial charge < -0.3 is 4.74 Å². The summed E-state index contributed by atoms with van der Waals surface area (Å²) in [5, 5.41) is 0. The van der Waals surface area contributed by atoms with Crippen LogP contribution in [0.25, 0.3) is 0 Å². The molecule has 4 heteroatoms. The van der Waals surface area contributed by atoms with Gasteiger partial charge in [-0.1, -0.05) is 34.6 Å². The third-order valence-corrected chi connectivity index (χ3v) is 3.34. The van der Waals surface area contributed by atoms with Crippen LogP contribution in [0, 0.1) is 11.3 Å². The van der Waals surface area contributed by atoms with E-state index in [2.05, 4.69) is 20.8 Å². The maximum Gasteiger partial charge on any atom is 0.373 e. The highest BCUT2D eigenvalue weighted by molar-refractivity contribution is 5.80. The van der Waals surface area contributed by atoms with Gasteiger partial charge in [-0.05, 0) is 32.1 Å². The van der Waals surface area contributed by atoms with Gasteiger partial charge >= 0.3 is 11.8 Å². The van der Waals surface area contributed by atoms with E-state index in [1.54, 1.807) is 0 Å². The number of carbonyl (C=O) groups excluding carboxylic acids is 1. The zero-order valence-corrected chi connectivity index (χ0v) is 12.6. The van der Waals surface area contributed by atoms with Gasteiger partial charge in [-0.25, -0.2) is 4.79 Å². The third-order valence-electron chi connectivity index (χ3n) is 3.34. The van der Waals surface area contributed by atoms with Crippen LogP contribution >= 0.6 is 0 Å². The molecule has 0 bridgehead atoms. The molecule has 0 aromatic carbocycles. The predicted octanol–water partition coefficient (Wildman–Crippen LogP) is 3.45. The Kier molecular flexibility index (Phi) is 4.13. The molecule has 0 N–H and O–H groups in total. The molecule has 1 saturated heterocycles. The summed E-state index contributed by atoms with van der Waals surface area (Å²) in [6.45, 7) is 14.1. The largest absolute Gasteiger partial charge is 0.456 e. The molecule has 0 radical (unpaired) electrons. The van der Waals surface area contributed by atoms with E-state index in [1.807, 2.05) is 27.7 Å². The quantitative estimate of drug-likeness (QED) is 0.430. The number of hydrogen-bond donors (Lipinski definition) is 0. The summed E-state index contributed by atoms with van der Waals surface area (Å²) in [7, 11) is 0. The van der Waals surface area contributed by atoms with Gasteiger partial charge in [0.05, 0.1) is 0 Å². The van der Waals surface area contributed by atoms with Crippen molar-refractivity contribution in [2.24, 2.45) is 11.3 Å². The Morgan fingerprint density at radius 1 is 1.22 bits per heavy atom. The molecule has 1 atom stereocenters. The molecule has 1 heterocycles. The van der Waals surface area contributed by atoms with Crippen LogP contribution in [0.2, 0.25) is 0 Å². The lowest BCUT2D eigenvalue weighted by molar-refractivity contribution is -0.167. The average molecular weight is 258 g/mol. The smallest absolute Gasteiger partial charge is 0.373 e. The molecule has 106 valence electrons. The van der Waals surface area contributed by atoms with E-state index in [4.69, 9.17) is 14.5 Å². The van der Waals surface area contributed by atoms with Gasteiger partial charge in [-0.15, -0.1) is 0 Å². The van der Waals surface area contributed by atoms with Crippen LogP contribution in [0.5, 0.6) is 0 Å². The van der Waals surface area contributed by atoms with Crippen LogP contribution in [-0.4, -0.2) is 17.4 Å². The van der Waals surface area contributed by atoms with E-state index < -0.39 is 17.4 Å². The molecule has 0 saturated carbocycles. The first kappa shape index (κ1) is 15.4. The Hall–Kier alpha value is -0.610. The minimum Gasteiger partial charge on any atom is -0.456 e. The fraction of sp³-hybridized carbons (Fsp3) is 0.929. The number of hydrogen-bond acceptors (Lipinski definition) is 4. The van der Waals surface area contributed by atoms with Crippen LogP contribution in [0.3, 0.4) is 0 Å². The van der Waals surface area contributed by atoms with E-state index in [9.17, 15) is 4.79 Å². The predicted molar refractivity (Wildman–Crippen MR) is 68.6 cm³/mol. The van der Waals surface area contributed by atoms with Crippen molar-refractivity contribution < 1.29 is 19.3 Å². The lowest BCUT2D eigenvalue weighted by Gasteiger charge is -2.28. The Labute approximate surface area is 110 Å². The SMILES string of the molecule is CCC(C)(C)OC(=O)C1(C(C)CC(C)(C)C)OO1. The van der Waals surface area contributed by atoms with Crippen molar-refractivity contribution in [2.45, 2.75) is 72.7 Å². The van der Waals surface area contributed by atoms with E-state index in [0.717, 1.165) is 12.8 Å². The molecule has 1 fully saturated rings. The lowest BCUT2D eigenvalue weighted by atomic mass is 9.82. The normalized spacial score (nSPS) is 20.4. The second-order valence-corrected chi connectivity index (χ2v) is 7.00. The molecule has 0 amide bonds. The van der Waals surface area contributed by atoms with Crippen LogP contribution in [0.15, 0.2) is 0 Å². The summed E-state index contributed by atoms with van der Waals surface area (Å²) in [5.74, 6) is -1.62. The van der Waals surface area contributed by atoms with Gasteiger partial charge in [0.25, 0.3) is 0 Å². The Balaban J connectivity index is 2.67. The molecule has 1 unspecified atom stereocenters. The topological polar surface area (TPSA) is 51.4 Å². The summed E-state index contributed by atoms with van der Waals surface area (Å²) in [6, 6.07) is 0. The van der Waals surface area contributed by atoms with E-state index >= 15 is 0 Å². The summed E-state index contributed by atoms with van der Waals surface area (Å²) in [6.07, 6.45) is 1.58. The van der Waals surface area contributed by atoms with Crippen LogP contribution in [0.1, 0.15) is 61.3 Å². The average Bonchev–Trinajstić information content (AvgIpc) is 2.94. The first-order chi connectivity index (χ1) is 8.02. The number of ether oxygens (including phenoxy) is 1. The molecule has 0 aromatic rings. The molecule has 4 nitrogen and oxygen atoms in total.